The highest BCUT2D eigenvalue weighted by Gasteiger charge is 2.40. The molecule has 0 aliphatic carbocycles. The molecule has 3 atom stereocenters. The smallest absolute Gasteiger partial charge is 0.325 e. The van der Waals surface area contributed by atoms with Gasteiger partial charge in [-0.05, 0) is 42.8 Å². The number of carbonyl (C=O) groups excluding carboxylic acids is 1. The van der Waals surface area contributed by atoms with Crippen LogP contribution >= 0.6 is 0 Å². The topological polar surface area (TPSA) is 72.8 Å². The van der Waals surface area contributed by atoms with Crippen LogP contribution in [0.5, 0.6) is 0 Å². The standard InChI is InChI=1S/C24H34O5SSi/c1-18-12-14-20(15-13-18)30(27)22(21(25)17-29-31(5,6)24(2,3)4)23(26)28-16-19-10-8-7-9-11-19/h7-15,21-22,25H,16-17H2,1-6H3/t21?,22?,30-/m0/s1. The van der Waals surface area contributed by atoms with Crippen molar-refractivity contribution in [2.75, 3.05) is 6.61 Å². The number of aliphatic hydroxyl groups is 1. The minimum absolute atomic E-state index is 0.0495. The third kappa shape index (κ3) is 7.10. The zero-order valence-electron chi connectivity index (χ0n) is 19.3. The number of carbonyl (C=O) groups is 1. The lowest BCUT2D eigenvalue weighted by Crippen LogP contribution is -2.47. The van der Waals surface area contributed by atoms with E-state index >= 15 is 0 Å². The van der Waals surface area contributed by atoms with Gasteiger partial charge in [-0.2, -0.15) is 0 Å². The zero-order chi connectivity index (χ0) is 23.2. The van der Waals surface area contributed by atoms with Gasteiger partial charge in [0.2, 0.25) is 0 Å². The largest absolute Gasteiger partial charge is 0.460 e. The lowest BCUT2D eigenvalue weighted by molar-refractivity contribution is -0.146. The summed E-state index contributed by atoms with van der Waals surface area (Å²) in [7, 11) is -3.94. The molecule has 170 valence electrons. The second-order valence-electron chi connectivity index (χ2n) is 9.26. The molecule has 7 heteroatoms. The van der Waals surface area contributed by atoms with E-state index in [0.717, 1.165) is 11.1 Å². The fraction of sp³-hybridized carbons (Fsp3) is 0.458. The van der Waals surface area contributed by atoms with Crippen molar-refractivity contribution in [3.8, 4) is 0 Å². The van der Waals surface area contributed by atoms with Crippen LogP contribution < -0.4 is 0 Å². The molecular formula is C24H34O5SSi. The molecule has 5 nitrogen and oxygen atoms in total. The Morgan fingerprint density at radius 2 is 1.65 bits per heavy atom. The molecule has 0 amide bonds. The lowest BCUT2D eigenvalue weighted by Gasteiger charge is -2.37. The van der Waals surface area contributed by atoms with Crippen LogP contribution in [0.2, 0.25) is 18.1 Å². The molecule has 0 fully saturated rings. The molecule has 0 aliphatic rings. The van der Waals surface area contributed by atoms with Crippen LogP contribution in [0, 0.1) is 6.92 Å². The van der Waals surface area contributed by atoms with Crippen LogP contribution in [0.15, 0.2) is 59.5 Å². The van der Waals surface area contributed by atoms with Crippen molar-refractivity contribution in [2.24, 2.45) is 0 Å². The highest BCUT2D eigenvalue weighted by molar-refractivity contribution is 7.86. The van der Waals surface area contributed by atoms with E-state index in [9.17, 15) is 14.1 Å². The van der Waals surface area contributed by atoms with Gasteiger partial charge >= 0.3 is 5.97 Å². The van der Waals surface area contributed by atoms with Crippen LogP contribution in [-0.2, 0) is 31.4 Å². The first kappa shape index (κ1) is 25.5. The quantitative estimate of drug-likeness (QED) is 0.436. The van der Waals surface area contributed by atoms with Crippen molar-refractivity contribution in [1.29, 1.82) is 0 Å². The minimum atomic E-state index is -2.15. The zero-order valence-corrected chi connectivity index (χ0v) is 21.1. The minimum Gasteiger partial charge on any atom is -0.460 e. The molecule has 0 saturated carbocycles. The van der Waals surface area contributed by atoms with E-state index in [2.05, 4.69) is 33.9 Å². The summed E-state index contributed by atoms with van der Waals surface area (Å²) >= 11 is 0. The molecule has 0 aromatic heterocycles. The van der Waals surface area contributed by atoms with Crippen LogP contribution in [-0.4, -0.2) is 41.6 Å². The highest BCUT2D eigenvalue weighted by Crippen LogP contribution is 2.36. The SMILES string of the molecule is Cc1ccc([S@](=O)C(C(=O)OCc2ccccc2)C(O)CO[Si](C)(C)C(C)(C)C)cc1. The first-order chi connectivity index (χ1) is 14.4. The van der Waals surface area contributed by atoms with E-state index < -0.39 is 36.4 Å². The van der Waals surface area contributed by atoms with Crippen molar-refractivity contribution in [3.05, 3.63) is 65.7 Å². The van der Waals surface area contributed by atoms with E-state index in [1.807, 2.05) is 49.4 Å². The van der Waals surface area contributed by atoms with Crippen molar-refractivity contribution in [1.82, 2.24) is 0 Å². The molecular weight excluding hydrogens is 428 g/mol. The summed E-state index contributed by atoms with van der Waals surface area (Å²) in [5.41, 5.74) is 1.84. The molecule has 2 unspecified atom stereocenters. The molecule has 0 aliphatic heterocycles. The van der Waals surface area contributed by atoms with Gasteiger partial charge < -0.3 is 14.3 Å². The third-order valence-corrected chi connectivity index (χ3v) is 11.9. The van der Waals surface area contributed by atoms with Crippen molar-refractivity contribution < 1.29 is 23.3 Å². The Morgan fingerprint density at radius 1 is 1.06 bits per heavy atom. The van der Waals surface area contributed by atoms with Gasteiger partial charge in [-0.15, -0.1) is 0 Å². The van der Waals surface area contributed by atoms with E-state index in [1.165, 1.54) is 0 Å². The number of hydrogen-bond acceptors (Lipinski definition) is 5. The maximum absolute atomic E-state index is 13.3. The fourth-order valence-corrected chi connectivity index (χ4v) is 4.94. The Bertz CT molecular complexity index is 875. The van der Waals surface area contributed by atoms with Crippen LogP contribution in [0.25, 0.3) is 0 Å². The Kier molecular flexibility index (Phi) is 8.77. The van der Waals surface area contributed by atoms with Gasteiger partial charge in [0.1, 0.15) is 12.7 Å². The fourth-order valence-electron chi connectivity index (χ4n) is 2.61. The van der Waals surface area contributed by atoms with Crippen LogP contribution in [0.1, 0.15) is 31.9 Å². The lowest BCUT2D eigenvalue weighted by atomic mass is 10.2. The second-order valence-corrected chi connectivity index (χ2v) is 15.6. The summed E-state index contributed by atoms with van der Waals surface area (Å²) in [5.74, 6) is -0.700. The molecule has 31 heavy (non-hydrogen) atoms. The van der Waals surface area contributed by atoms with Gasteiger partial charge in [0.25, 0.3) is 0 Å². The normalized spacial score (nSPS) is 15.2. The van der Waals surface area contributed by atoms with E-state index in [4.69, 9.17) is 9.16 Å². The number of benzene rings is 2. The first-order valence-corrected chi connectivity index (χ1v) is 14.5. The molecule has 0 heterocycles. The van der Waals surface area contributed by atoms with Gasteiger partial charge in [0.05, 0.1) is 17.4 Å². The summed E-state index contributed by atoms with van der Waals surface area (Å²) in [6.07, 6.45) is -1.25. The first-order valence-electron chi connectivity index (χ1n) is 10.4. The predicted octanol–water partition coefficient (Wildman–Crippen LogP) is 4.60. The Morgan fingerprint density at radius 3 is 2.19 bits per heavy atom. The Hall–Kier alpha value is -1.80. The molecule has 2 aromatic carbocycles. The monoisotopic (exact) mass is 462 g/mol. The molecule has 0 bridgehead atoms. The van der Waals surface area contributed by atoms with Crippen molar-refractivity contribution in [3.63, 3.8) is 0 Å². The van der Waals surface area contributed by atoms with E-state index in [-0.39, 0.29) is 18.3 Å². The van der Waals surface area contributed by atoms with Crippen LogP contribution in [0.3, 0.4) is 0 Å². The predicted molar refractivity (Wildman–Crippen MR) is 127 cm³/mol. The van der Waals surface area contributed by atoms with E-state index in [1.54, 1.807) is 12.1 Å². The van der Waals surface area contributed by atoms with Crippen molar-refractivity contribution >= 4 is 25.1 Å². The highest BCUT2D eigenvalue weighted by atomic mass is 32.2. The van der Waals surface area contributed by atoms with Gasteiger partial charge in [0.15, 0.2) is 13.6 Å². The Labute approximate surface area is 189 Å². The maximum atomic E-state index is 13.3. The van der Waals surface area contributed by atoms with Gasteiger partial charge in [0, 0.05) is 4.90 Å². The molecule has 0 saturated heterocycles. The van der Waals surface area contributed by atoms with Gasteiger partial charge in [-0.25, -0.2) is 0 Å². The van der Waals surface area contributed by atoms with Gasteiger partial charge in [-0.3, -0.25) is 9.00 Å². The maximum Gasteiger partial charge on any atom is 0.325 e. The van der Waals surface area contributed by atoms with Crippen LogP contribution in [0.4, 0.5) is 0 Å². The Balaban J connectivity index is 2.20. The number of rotatable bonds is 9. The number of hydrogen-bond donors (Lipinski definition) is 1. The average molecular weight is 463 g/mol. The summed E-state index contributed by atoms with van der Waals surface area (Å²) in [4.78, 5) is 13.4. The number of aliphatic hydroxyl groups excluding tert-OH is 1. The molecule has 0 radical (unpaired) electrons. The summed E-state index contributed by atoms with van der Waals surface area (Å²) in [6.45, 7) is 12.3. The van der Waals surface area contributed by atoms with Crippen molar-refractivity contribution in [2.45, 2.75) is 68.7 Å². The summed E-state index contributed by atoms with van der Waals surface area (Å²) < 4.78 is 24.8. The summed E-state index contributed by atoms with van der Waals surface area (Å²) in [5, 5.41) is 9.61. The molecule has 0 spiro atoms. The van der Waals surface area contributed by atoms with E-state index in [0.29, 0.717) is 4.90 Å². The molecule has 2 aromatic rings. The second kappa shape index (κ2) is 10.7. The van der Waals surface area contributed by atoms with Gasteiger partial charge in [-0.1, -0.05) is 68.8 Å². The molecule has 2 rings (SSSR count). The number of aryl methyl sites for hydroxylation is 1. The number of esters is 1. The average Bonchev–Trinajstić information content (AvgIpc) is 2.71. The molecule has 1 N–H and O–H groups in total. The third-order valence-electron chi connectivity index (χ3n) is 5.71. The summed E-state index contributed by atoms with van der Waals surface area (Å²) in [6, 6.07) is 16.4. The number of ether oxygens (including phenoxy) is 1.